The molecule has 2 aromatic rings. The number of carboxylic acids is 1. The fourth-order valence-corrected chi connectivity index (χ4v) is 9.36. The molecule has 2 amide bonds. The summed E-state index contributed by atoms with van der Waals surface area (Å²) in [6.45, 7) is 5.61. The summed E-state index contributed by atoms with van der Waals surface area (Å²) in [7, 11) is 0. The van der Waals surface area contributed by atoms with Crippen molar-refractivity contribution >= 4 is 34.4 Å². The van der Waals surface area contributed by atoms with Gasteiger partial charge in [-0.1, -0.05) is 42.8 Å². The van der Waals surface area contributed by atoms with Crippen LogP contribution >= 0.6 is 0 Å². The quantitative estimate of drug-likeness (QED) is 0.229. The minimum absolute atomic E-state index is 0.0939. The number of aromatic nitrogens is 1. The lowest BCUT2D eigenvalue weighted by Crippen LogP contribution is -2.59. The minimum Gasteiger partial charge on any atom is -0.480 e. The first kappa shape index (κ1) is 32.2. The van der Waals surface area contributed by atoms with Crippen LogP contribution in [0.25, 0.3) is 10.9 Å². The number of carbonyl (C=O) groups excluding carboxylic acids is 2. The third-order valence-electron chi connectivity index (χ3n) is 12.0. The highest BCUT2D eigenvalue weighted by Gasteiger charge is 2.64. The Morgan fingerprint density at radius 2 is 1.89 bits per heavy atom. The molecule has 3 fully saturated rings. The van der Waals surface area contributed by atoms with Crippen molar-refractivity contribution in [1.82, 2.24) is 15.6 Å². The van der Waals surface area contributed by atoms with Crippen LogP contribution < -0.4 is 10.6 Å². The molecule has 8 atom stereocenters. The number of fused-ring (bicyclic) bond motifs is 6. The number of hydrogen-bond acceptors (Lipinski definition) is 7. The molecule has 3 saturated carbocycles. The van der Waals surface area contributed by atoms with Crippen molar-refractivity contribution in [2.24, 2.45) is 33.7 Å². The zero-order chi connectivity index (χ0) is 32.9. The molecule has 0 saturated heterocycles. The lowest BCUT2D eigenvalue weighted by Gasteiger charge is -2.60. The largest absolute Gasteiger partial charge is 0.480 e. The van der Waals surface area contributed by atoms with E-state index in [4.69, 9.17) is 4.84 Å². The molecule has 0 spiro atoms. The van der Waals surface area contributed by atoms with Gasteiger partial charge in [-0.15, -0.1) is 0 Å². The Kier molecular flexibility index (Phi) is 8.52. The molecule has 0 bridgehead atoms. The van der Waals surface area contributed by atoms with Crippen molar-refractivity contribution in [3.8, 4) is 0 Å². The third kappa shape index (κ3) is 5.72. The summed E-state index contributed by atoms with van der Waals surface area (Å²) >= 11 is 0. The maximum absolute atomic E-state index is 12.5. The Labute approximate surface area is 268 Å². The number of hydrogen-bond donors (Lipinski definition) is 6. The molecular weight excluding hydrogens is 588 g/mol. The number of carbonyl (C=O) groups is 3. The van der Waals surface area contributed by atoms with E-state index in [2.05, 4.69) is 40.7 Å². The Morgan fingerprint density at radius 3 is 2.67 bits per heavy atom. The monoisotopic (exact) mass is 634 g/mol. The number of aromatic amines is 1. The fourth-order valence-electron chi connectivity index (χ4n) is 9.36. The second-order valence-electron chi connectivity index (χ2n) is 14.6. The number of amides is 2. The van der Waals surface area contributed by atoms with Gasteiger partial charge in [0.05, 0.1) is 24.0 Å². The molecule has 6 rings (SSSR count). The van der Waals surface area contributed by atoms with Crippen molar-refractivity contribution < 1.29 is 34.5 Å². The van der Waals surface area contributed by atoms with E-state index in [1.165, 1.54) is 5.57 Å². The summed E-state index contributed by atoms with van der Waals surface area (Å²) in [4.78, 5) is 45.1. The topological polar surface area (TPSA) is 173 Å². The Bertz CT molecular complexity index is 1580. The Balaban J connectivity index is 0.998. The Hall–Kier alpha value is -3.70. The second-order valence-corrected chi connectivity index (χ2v) is 14.6. The highest BCUT2D eigenvalue weighted by atomic mass is 16.6. The first-order valence-electron chi connectivity index (χ1n) is 16.5. The van der Waals surface area contributed by atoms with Crippen LogP contribution in [0.4, 0.5) is 0 Å². The third-order valence-corrected chi connectivity index (χ3v) is 12.0. The molecular formula is C35H46N4O7. The van der Waals surface area contributed by atoms with Crippen molar-refractivity contribution in [2.75, 3.05) is 13.2 Å². The van der Waals surface area contributed by atoms with Crippen LogP contribution in [0.15, 0.2) is 47.3 Å². The molecule has 1 aromatic heterocycles. The van der Waals surface area contributed by atoms with E-state index in [0.717, 1.165) is 54.3 Å². The lowest BCUT2D eigenvalue weighted by molar-refractivity contribution is -0.164. The molecule has 0 unspecified atom stereocenters. The smallest absolute Gasteiger partial charge is 0.326 e. The SMILES string of the molecule is C[C@]12CC/C(=N/OCC(=O)NCC(=O)N[C@H](Cc3c[nH]c4ccccc34)C(=O)O)C=C1CC[C@@H]1[C@@H]2[C@@H](O)C[C@@]2(C)[C@@H]1CC[C@]2(C)O. The molecule has 0 aliphatic heterocycles. The number of carboxylic acid groups (broad SMARTS) is 1. The lowest BCUT2D eigenvalue weighted by atomic mass is 9.45. The number of aliphatic carboxylic acids is 1. The van der Waals surface area contributed by atoms with Gasteiger partial charge in [-0.05, 0) is 92.7 Å². The van der Waals surface area contributed by atoms with E-state index >= 15 is 0 Å². The van der Waals surface area contributed by atoms with Crippen molar-refractivity contribution in [3.05, 3.63) is 47.7 Å². The zero-order valence-corrected chi connectivity index (χ0v) is 26.8. The van der Waals surface area contributed by atoms with E-state index in [1.807, 2.05) is 31.2 Å². The van der Waals surface area contributed by atoms with Crippen molar-refractivity contribution in [2.45, 2.75) is 89.9 Å². The predicted molar refractivity (Wildman–Crippen MR) is 172 cm³/mol. The number of aliphatic hydroxyl groups excluding tert-OH is 1. The summed E-state index contributed by atoms with van der Waals surface area (Å²) in [5.74, 6) is -1.41. The molecule has 46 heavy (non-hydrogen) atoms. The molecule has 4 aliphatic rings. The van der Waals surface area contributed by atoms with Crippen LogP contribution in [0.1, 0.15) is 71.3 Å². The van der Waals surface area contributed by atoms with E-state index < -0.39 is 35.5 Å². The average molecular weight is 635 g/mol. The normalized spacial score (nSPS) is 35.0. The van der Waals surface area contributed by atoms with Gasteiger partial charge < -0.3 is 35.8 Å². The number of oxime groups is 1. The number of rotatable bonds is 9. The summed E-state index contributed by atoms with van der Waals surface area (Å²) in [5.41, 5.74) is 2.49. The fraction of sp³-hybridized carbons (Fsp3) is 0.600. The number of nitrogens with zero attached hydrogens (tertiary/aromatic N) is 1. The Morgan fingerprint density at radius 1 is 1.11 bits per heavy atom. The van der Waals surface area contributed by atoms with Gasteiger partial charge in [-0.3, -0.25) is 9.59 Å². The van der Waals surface area contributed by atoms with E-state index in [1.54, 1.807) is 6.20 Å². The van der Waals surface area contributed by atoms with Crippen LogP contribution in [0, 0.1) is 28.6 Å². The highest BCUT2D eigenvalue weighted by Crippen LogP contribution is 2.67. The first-order valence-corrected chi connectivity index (χ1v) is 16.5. The van der Waals surface area contributed by atoms with Crippen LogP contribution in [0.3, 0.4) is 0 Å². The van der Waals surface area contributed by atoms with Gasteiger partial charge in [0.2, 0.25) is 5.91 Å². The van der Waals surface area contributed by atoms with E-state index in [9.17, 15) is 29.7 Å². The van der Waals surface area contributed by atoms with Gasteiger partial charge in [-0.25, -0.2) is 4.79 Å². The molecule has 1 heterocycles. The summed E-state index contributed by atoms with van der Waals surface area (Å²) in [6.07, 6.45) is 9.19. The number of aliphatic hydroxyl groups is 2. The van der Waals surface area contributed by atoms with Crippen molar-refractivity contribution in [3.63, 3.8) is 0 Å². The number of H-pyrrole nitrogens is 1. The number of benzene rings is 1. The maximum Gasteiger partial charge on any atom is 0.326 e. The molecule has 4 aliphatic carbocycles. The van der Waals surface area contributed by atoms with Crippen LogP contribution in [0.5, 0.6) is 0 Å². The van der Waals surface area contributed by atoms with Gasteiger partial charge >= 0.3 is 5.97 Å². The van der Waals surface area contributed by atoms with Gasteiger partial charge in [0, 0.05) is 28.9 Å². The molecule has 6 N–H and O–H groups in total. The molecule has 0 radical (unpaired) electrons. The molecule has 11 nitrogen and oxygen atoms in total. The molecule has 11 heteroatoms. The second kappa shape index (κ2) is 12.2. The summed E-state index contributed by atoms with van der Waals surface area (Å²) in [5, 5.41) is 42.4. The van der Waals surface area contributed by atoms with Gasteiger partial charge in [-0.2, -0.15) is 0 Å². The maximum atomic E-state index is 12.5. The van der Waals surface area contributed by atoms with Gasteiger partial charge in [0.25, 0.3) is 5.91 Å². The molecule has 1 aromatic carbocycles. The van der Waals surface area contributed by atoms with Crippen molar-refractivity contribution in [1.29, 1.82) is 0 Å². The zero-order valence-electron chi connectivity index (χ0n) is 26.8. The average Bonchev–Trinajstić information content (AvgIpc) is 3.52. The highest BCUT2D eigenvalue weighted by molar-refractivity contribution is 5.96. The number of para-hydroxylation sites is 1. The van der Waals surface area contributed by atoms with Crippen LogP contribution in [-0.2, 0) is 25.6 Å². The van der Waals surface area contributed by atoms with Crippen LogP contribution in [0.2, 0.25) is 0 Å². The van der Waals surface area contributed by atoms with E-state index in [-0.39, 0.29) is 36.3 Å². The number of nitrogens with one attached hydrogen (secondary N) is 3. The summed E-state index contributed by atoms with van der Waals surface area (Å²) < 4.78 is 0. The predicted octanol–water partition coefficient (Wildman–Crippen LogP) is 3.45. The minimum atomic E-state index is -1.17. The first-order chi connectivity index (χ1) is 21.8. The van der Waals surface area contributed by atoms with Gasteiger partial charge in [0.1, 0.15) is 6.04 Å². The summed E-state index contributed by atoms with van der Waals surface area (Å²) in [6, 6.07) is 6.37. The molecule has 248 valence electrons. The van der Waals surface area contributed by atoms with E-state index in [0.29, 0.717) is 24.7 Å². The van der Waals surface area contributed by atoms with Crippen LogP contribution in [-0.4, -0.2) is 74.7 Å². The standard InChI is InChI=1S/C35H46N4O7/c1-33-12-10-22(15-21(33)8-9-24-25-11-13-35(3,45)34(25,2)16-28(40)31(24)33)39-46-19-30(42)37-18-29(41)38-27(32(43)44)14-20-17-36-26-7-5-4-6-23(20)26/h4-7,15,17,24-25,27-28,31,36,40,45H,8-14,16,18-19H2,1-3H3,(H,37,42)(H,38,41)(H,43,44)/b39-22-/t24-,25+,27+,28-,31+,33-,34-,35-/m0/s1. The van der Waals surface area contributed by atoms with Gasteiger partial charge in [0.15, 0.2) is 6.61 Å². The number of allylic oxidation sites excluding steroid dienone is 2.